The number of rotatable bonds is 2. The van der Waals surface area contributed by atoms with Gasteiger partial charge in [0.15, 0.2) is 0 Å². The Morgan fingerprint density at radius 2 is 2.35 bits per heavy atom. The number of carboxylic acid groups (broad SMARTS) is 1. The van der Waals surface area contributed by atoms with E-state index >= 15 is 0 Å². The van der Waals surface area contributed by atoms with Crippen LogP contribution >= 0.6 is 0 Å². The molecule has 3 aliphatic heterocycles. The summed E-state index contributed by atoms with van der Waals surface area (Å²) in [5.41, 5.74) is 2.38. The molecule has 0 aromatic heterocycles. The first-order valence-corrected chi connectivity index (χ1v) is 6.98. The lowest BCUT2D eigenvalue weighted by Gasteiger charge is -2.37. The Hall–Kier alpha value is -1.59. The molecule has 0 spiro atoms. The van der Waals surface area contributed by atoms with E-state index in [1.54, 1.807) is 7.11 Å². The van der Waals surface area contributed by atoms with Crippen molar-refractivity contribution in [1.82, 2.24) is 4.90 Å². The molecule has 5 nitrogen and oxygen atoms in total. The van der Waals surface area contributed by atoms with Crippen LogP contribution in [0.2, 0.25) is 0 Å². The van der Waals surface area contributed by atoms with Crippen molar-refractivity contribution in [1.29, 1.82) is 0 Å². The van der Waals surface area contributed by atoms with Crippen LogP contribution in [0.1, 0.15) is 23.6 Å². The van der Waals surface area contributed by atoms with Crippen LogP contribution in [0.3, 0.4) is 0 Å². The summed E-state index contributed by atoms with van der Waals surface area (Å²) in [4.78, 5) is 13.7. The first-order valence-electron chi connectivity index (χ1n) is 6.98. The number of fused-ring (bicyclic) bond motifs is 2. The lowest BCUT2D eigenvalue weighted by Crippen LogP contribution is -2.43. The zero-order valence-corrected chi connectivity index (χ0v) is 11.3. The van der Waals surface area contributed by atoms with Crippen LogP contribution in [-0.2, 0) is 16.0 Å². The molecule has 0 saturated carbocycles. The largest absolute Gasteiger partial charge is 0.496 e. The molecule has 3 heterocycles. The number of hydrogen-bond donors (Lipinski definition) is 1. The van der Waals surface area contributed by atoms with Crippen molar-refractivity contribution < 1.29 is 19.4 Å². The van der Waals surface area contributed by atoms with E-state index in [-0.39, 0.29) is 24.2 Å². The Morgan fingerprint density at radius 1 is 1.50 bits per heavy atom. The maximum Gasteiger partial charge on any atom is 0.308 e. The highest BCUT2D eigenvalue weighted by molar-refractivity contribution is 5.72. The lowest BCUT2D eigenvalue weighted by atomic mass is 9.85. The molecule has 0 bridgehead atoms. The second-order valence-corrected chi connectivity index (χ2v) is 5.74. The van der Waals surface area contributed by atoms with Gasteiger partial charge in [-0.25, -0.2) is 0 Å². The van der Waals surface area contributed by atoms with Crippen molar-refractivity contribution in [3.05, 3.63) is 29.3 Å². The number of carbonyl (C=O) groups is 1. The lowest BCUT2D eigenvalue weighted by molar-refractivity contribution is -0.142. The molecule has 1 aromatic carbocycles. The van der Waals surface area contributed by atoms with E-state index < -0.39 is 5.97 Å². The fourth-order valence-corrected chi connectivity index (χ4v) is 4.09. The summed E-state index contributed by atoms with van der Waals surface area (Å²) in [5, 5.41) is 9.42. The maximum absolute atomic E-state index is 11.5. The molecule has 3 aliphatic rings. The van der Waals surface area contributed by atoms with Crippen molar-refractivity contribution in [2.75, 3.05) is 13.7 Å². The standard InChI is InChI=1S/C15H17NO4/c1-19-12-4-2-3-8-5-10-9(15(17)18)6-13-16(10)11(7-20-13)14(8)12/h2-4,9-11,13H,5-7H2,1H3,(H,17,18)/t9-,10+,11+,13-/m1/s1. The molecule has 1 N–H and O–H groups in total. The van der Waals surface area contributed by atoms with Crippen molar-refractivity contribution in [3.8, 4) is 5.75 Å². The number of aliphatic carboxylic acids is 1. The van der Waals surface area contributed by atoms with Gasteiger partial charge in [0.1, 0.15) is 12.0 Å². The minimum atomic E-state index is -0.710. The second-order valence-electron chi connectivity index (χ2n) is 5.74. The van der Waals surface area contributed by atoms with Gasteiger partial charge in [-0.2, -0.15) is 0 Å². The smallest absolute Gasteiger partial charge is 0.308 e. The van der Waals surface area contributed by atoms with Gasteiger partial charge in [0.2, 0.25) is 0 Å². The van der Waals surface area contributed by atoms with Crippen LogP contribution < -0.4 is 4.74 Å². The zero-order valence-electron chi connectivity index (χ0n) is 11.3. The summed E-state index contributed by atoms with van der Waals surface area (Å²) in [6.07, 6.45) is 1.30. The molecule has 4 atom stereocenters. The molecule has 0 unspecified atom stereocenters. The quantitative estimate of drug-likeness (QED) is 0.884. The highest BCUT2D eigenvalue weighted by atomic mass is 16.5. The summed E-state index contributed by atoms with van der Waals surface area (Å²) in [6.45, 7) is 0.626. The summed E-state index contributed by atoms with van der Waals surface area (Å²) >= 11 is 0. The Kier molecular flexibility index (Phi) is 2.56. The molecule has 20 heavy (non-hydrogen) atoms. The van der Waals surface area contributed by atoms with E-state index in [0.717, 1.165) is 12.2 Å². The van der Waals surface area contributed by atoms with Gasteiger partial charge < -0.3 is 14.6 Å². The fourth-order valence-electron chi connectivity index (χ4n) is 4.09. The average molecular weight is 275 g/mol. The number of methoxy groups -OCH3 is 1. The number of nitrogens with zero attached hydrogens (tertiary/aromatic N) is 1. The normalized spacial score (nSPS) is 34.6. The zero-order chi connectivity index (χ0) is 13.9. The van der Waals surface area contributed by atoms with Crippen LogP contribution in [-0.4, -0.2) is 42.0 Å². The molecule has 1 aromatic rings. The number of carboxylic acids is 1. The fraction of sp³-hybridized carbons (Fsp3) is 0.533. The molecule has 2 saturated heterocycles. The Balaban J connectivity index is 1.82. The van der Waals surface area contributed by atoms with Gasteiger partial charge >= 0.3 is 5.97 Å². The summed E-state index contributed by atoms with van der Waals surface area (Å²) in [7, 11) is 1.68. The molecule has 106 valence electrons. The van der Waals surface area contributed by atoms with E-state index in [2.05, 4.69) is 11.0 Å². The van der Waals surface area contributed by atoms with Gasteiger partial charge in [0, 0.05) is 18.0 Å². The van der Waals surface area contributed by atoms with Crippen molar-refractivity contribution in [2.45, 2.75) is 31.2 Å². The Bertz CT molecular complexity index is 573. The maximum atomic E-state index is 11.5. The minimum Gasteiger partial charge on any atom is -0.496 e. The van der Waals surface area contributed by atoms with E-state index in [0.29, 0.717) is 13.0 Å². The topological polar surface area (TPSA) is 59.0 Å². The van der Waals surface area contributed by atoms with Crippen LogP contribution in [0.15, 0.2) is 18.2 Å². The molecule has 0 aliphatic carbocycles. The molecular formula is C15H17NO4. The minimum absolute atomic E-state index is 0.0459. The predicted octanol–water partition coefficient (Wildman–Crippen LogP) is 1.42. The van der Waals surface area contributed by atoms with Crippen molar-refractivity contribution in [3.63, 3.8) is 0 Å². The number of ether oxygens (including phenoxy) is 2. The summed E-state index contributed by atoms with van der Waals surface area (Å²) in [5.74, 6) is -0.158. The molecular weight excluding hydrogens is 258 g/mol. The number of hydrogen-bond acceptors (Lipinski definition) is 4. The first kappa shape index (κ1) is 12.2. The van der Waals surface area contributed by atoms with Crippen LogP contribution in [0, 0.1) is 5.92 Å². The van der Waals surface area contributed by atoms with Crippen molar-refractivity contribution in [2.24, 2.45) is 5.92 Å². The average Bonchev–Trinajstić information content (AvgIpc) is 3.02. The van der Waals surface area contributed by atoms with Gasteiger partial charge in [-0.3, -0.25) is 9.69 Å². The predicted molar refractivity (Wildman–Crippen MR) is 70.5 cm³/mol. The highest BCUT2D eigenvalue weighted by Gasteiger charge is 2.54. The molecule has 0 radical (unpaired) electrons. The van der Waals surface area contributed by atoms with E-state index in [4.69, 9.17) is 9.47 Å². The van der Waals surface area contributed by atoms with Crippen LogP contribution in [0.5, 0.6) is 5.75 Å². The Labute approximate surface area is 117 Å². The third-order valence-electron chi connectivity index (χ3n) is 4.90. The van der Waals surface area contributed by atoms with E-state index in [1.165, 1.54) is 11.1 Å². The van der Waals surface area contributed by atoms with Gasteiger partial charge in [0.05, 0.1) is 25.7 Å². The van der Waals surface area contributed by atoms with E-state index in [1.807, 2.05) is 12.1 Å². The van der Waals surface area contributed by atoms with Crippen molar-refractivity contribution >= 4 is 5.97 Å². The number of benzene rings is 1. The monoisotopic (exact) mass is 275 g/mol. The molecule has 0 amide bonds. The van der Waals surface area contributed by atoms with Gasteiger partial charge in [0.25, 0.3) is 0 Å². The SMILES string of the molecule is COc1cccc2c1[C@@H]1CO[C@@H]3C[C@@H](C(=O)O)[C@H](C2)N31. The molecule has 4 rings (SSSR count). The highest BCUT2D eigenvalue weighted by Crippen LogP contribution is 2.50. The van der Waals surface area contributed by atoms with Crippen LogP contribution in [0.4, 0.5) is 0 Å². The second kappa shape index (κ2) is 4.20. The summed E-state index contributed by atoms with van der Waals surface area (Å²) in [6, 6.07) is 6.21. The summed E-state index contributed by atoms with van der Waals surface area (Å²) < 4.78 is 11.3. The van der Waals surface area contributed by atoms with Gasteiger partial charge in [-0.15, -0.1) is 0 Å². The van der Waals surface area contributed by atoms with E-state index in [9.17, 15) is 9.90 Å². The molecule has 5 heteroatoms. The first-order chi connectivity index (χ1) is 9.70. The third kappa shape index (κ3) is 1.47. The van der Waals surface area contributed by atoms with Gasteiger partial charge in [-0.05, 0) is 18.1 Å². The van der Waals surface area contributed by atoms with Gasteiger partial charge in [-0.1, -0.05) is 12.1 Å². The molecule has 2 fully saturated rings. The van der Waals surface area contributed by atoms with Crippen LogP contribution in [0.25, 0.3) is 0 Å². The third-order valence-corrected chi connectivity index (χ3v) is 4.90. The Morgan fingerprint density at radius 3 is 3.10 bits per heavy atom.